The topological polar surface area (TPSA) is 75.5 Å². The fourth-order valence-electron chi connectivity index (χ4n) is 4.00. The number of carbonyl (C=O) groups is 1. The summed E-state index contributed by atoms with van der Waals surface area (Å²) >= 11 is 0. The van der Waals surface area contributed by atoms with Crippen LogP contribution >= 0.6 is 0 Å². The van der Waals surface area contributed by atoms with Crippen molar-refractivity contribution in [3.8, 4) is 11.6 Å². The highest BCUT2D eigenvalue weighted by atomic mass is 16.5. The summed E-state index contributed by atoms with van der Waals surface area (Å²) in [6.07, 6.45) is 1.78. The Labute approximate surface area is 182 Å². The minimum absolute atomic E-state index is 0.00560. The number of hydrogen-bond acceptors (Lipinski definition) is 6. The molecule has 1 aliphatic rings. The third-order valence-electron chi connectivity index (χ3n) is 5.55. The fraction of sp³-hybridized carbons (Fsp3) is 0.348. The summed E-state index contributed by atoms with van der Waals surface area (Å²) in [7, 11) is 1.62. The normalized spacial score (nSPS) is 14.5. The molecule has 0 saturated carbocycles. The molecule has 1 aliphatic heterocycles. The van der Waals surface area contributed by atoms with Crippen LogP contribution in [0.3, 0.4) is 0 Å². The lowest BCUT2D eigenvalue weighted by atomic mass is 10.2. The van der Waals surface area contributed by atoms with Crippen LogP contribution in [-0.2, 0) is 4.79 Å². The molecule has 4 rings (SSSR count). The van der Waals surface area contributed by atoms with Gasteiger partial charge >= 0.3 is 0 Å². The summed E-state index contributed by atoms with van der Waals surface area (Å²) in [5.74, 6) is 1.59. The molecule has 2 aromatic heterocycles. The maximum Gasteiger partial charge on any atom is 0.238 e. The van der Waals surface area contributed by atoms with E-state index in [1.54, 1.807) is 13.3 Å². The Morgan fingerprint density at radius 1 is 1.06 bits per heavy atom. The highest BCUT2D eigenvalue weighted by molar-refractivity contribution is 5.92. The van der Waals surface area contributed by atoms with Gasteiger partial charge in [0.1, 0.15) is 5.75 Å². The number of anilines is 2. The zero-order valence-corrected chi connectivity index (χ0v) is 18.2. The quantitative estimate of drug-likeness (QED) is 0.661. The van der Waals surface area contributed by atoms with Gasteiger partial charge in [0, 0.05) is 38.1 Å². The number of aromatic nitrogens is 3. The monoisotopic (exact) mass is 420 g/mol. The average molecular weight is 421 g/mol. The van der Waals surface area contributed by atoms with Crippen LogP contribution in [0.15, 0.2) is 48.7 Å². The van der Waals surface area contributed by atoms with E-state index in [1.807, 2.05) is 54.1 Å². The lowest BCUT2D eigenvalue weighted by Crippen LogP contribution is -2.49. The van der Waals surface area contributed by atoms with Gasteiger partial charge in [-0.05, 0) is 50.2 Å². The highest BCUT2D eigenvalue weighted by Crippen LogP contribution is 2.27. The van der Waals surface area contributed by atoms with Crippen LogP contribution in [-0.4, -0.2) is 65.4 Å². The predicted octanol–water partition coefficient (Wildman–Crippen LogP) is 2.65. The SMILES string of the molecule is COc1ccc(NC(=O)CN2CCN(c3c(C)nn(-c4ccccn4)c3C)CC2)cc1. The molecule has 0 atom stereocenters. The minimum atomic E-state index is -0.00560. The molecule has 0 bridgehead atoms. The summed E-state index contributed by atoms with van der Waals surface area (Å²) < 4.78 is 7.05. The van der Waals surface area contributed by atoms with Gasteiger partial charge in [-0.15, -0.1) is 0 Å². The highest BCUT2D eigenvalue weighted by Gasteiger charge is 2.24. The van der Waals surface area contributed by atoms with Crippen molar-refractivity contribution < 1.29 is 9.53 Å². The Morgan fingerprint density at radius 2 is 1.81 bits per heavy atom. The average Bonchev–Trinajstić information content (AvgIpc) is 3.09. The van der Waals surface area contributed by atoms with E-state index in [-0.39, 0.29) is 5.91 Å². The molecule has 3 heterocycles. The summed E-state index contributed by atoms with van der Waals surface area (Å²) in [6, 6.07) is 13.2. The van der Waals surface area contributed by atoms with E-state index in [0.717, 1.165) is 60.5 Å². The largest absolute Gasteiger partial charge is 0.497 e. The number of nitrogens with one attached hydrogen (secondary N) is 1. The molecular weight excluding hydrogens is 392 g/mol. The van der Waals surface area contributed by atoms with Gasteiger partial charge in [0.05, 0.1) is 30.7 Å². The van der Waals surface area contributed by atoms with Gasteiger partial charge < -0.3 is 15.0 Å². The van der Waals surface area contributed by atoms with Crippen LogP contribution in [0.5, 0.6) is 5.75 Å². The minimum Gasteiger partial charge on any atom is -0.497 e. The number of pyridine rings is 1. The predicted molar refractivity (Wildman–Crippen MR) is 121 cm³/mol. The first kappa shape index (κ1) is 20.9. The number of hydrogen-bond donors (Lipinski definition) is 1. The van der Waals surface area contributed by atoms with E-state index >= 15 is 0 Å². The van der Waals surface area contributed by atoms with Crippen molar-refractivity contribution in [2.24, 2.45) is 0 Å². The van der Waals surface area contributed by atoms with Crippen molar-refractivity contribution in [3.05, 3.63) is 60.0 Å². The van der Waals surface area contributed by atoms with Crippen molar-refractivity contribution in [1.29, 1.82) is 0 Å². The zero-order chi connectivity index (χ0) is 21.8. The summed E-state index contributed by atoms with van der Waals surface area (Å²) in [5.41, 5.74) is 4.02. The molecule has 1 amide bonds. The van der Waals surface area contributed by atoms with Crippen LogP contribution in [0.1, 0.15) is 11.4 Å². The van der Waals surface area contributed by atoms with E-state index in [1.165, 1.54) is 0 Å². The molecule has 31 heavy (non-hydrogen) atoms. The van der Waals surface area contributed by atoms with Crippen LogP contribution < -0.4 is 15.0 Å². The molecule has 0 spiro atoms. The zero-order valence-electron chi connectivity index (χ0n) is 18.2. The number of benzene rings is 1. The summed E-state index contributed by atoms with van der Waals surface area (Å²) in [4.78, 5) is 21.4. The van der Waals surface area contributed by atoms with Crippen LogP contribution in [0.2, 0.25) is 0 Å². The van der Waals surface area contributed by atoms with E-state index < -0.39 is 0 Å². The van der Waals surface area contributed by atoms with Crippen molar-refractivity contribution >= 4 is 17.3 Å². The fourth-order valence-corrected chi connectivity index (χ4v) is 4.00. The molecule has 8 heteroatoms. The molecule has 8 nitrogen and oxygen atoms in total. The second-order valence-electron chi connectivity index (χ2n) is 7.66. The molecule has 1 saturated heterocycles. The number of piperazine rings is 1. The first-order chi connectivity index (χ1) is 15.0. The molecule has 0 radical (unpaired) electrons. The Kier molecular flexibility index (Phi) is 6.18. The van der Waals surface area contributed by atoms with E-state index in [9.17, 15) is 4.79 Å². The van der Waals surface area contributed by atoms with Gasteiger partial charge in [-0.25, -0.2) is 9.67 Å². The number of amides is 1. The lowest BCUT2D eigenvalue weighted by molar-refractivity contribution is -0.117. The first-order valence-electron chi connectivity index (χ1n) is 10.4. The third kappa shape index (κ3) is 4.69. The van der Waals surface area contributed by atoms with Crippen LogP contribution in [0.4, 0.5) is 11.4 Å². The van der Waals surface area contributed by atoms with Gasteiger partial charge in [0.2, 0.25) is 5.91 Å². The van der Waals surface area contributed by atoms with Crippen molar-refractivity contribution in [2.45, 2.75) is 13.8 Å². The second-order valence-corrected chi connectivity index (χ2v) is 7.66. The maximum atomic E-state index is 12.4. The molecule has 3 aromatic rings. The number of nitrogens with zero attached hydrogens (tertiary/aromatic N) is 5. The van der Waals surface area contributed by atoms with Crippen LogP contribution in [0, 0.1) is 13.8 Å². The van der Waals surface area contributed by atoms with E-state index in [4.69, 9.17) is 9.84 Å². The Bertz CT molecular complexity index is 1020. The number of aryl methyl sites for hydroxylation is 1. The third-order valence-corrected chi connectivity index (χ3v) is 5.55. The van der Waals surface area contributed by atoms with Crippen LogP contribution in [0.25, 0.3) is 5.82 Å². The molecular formula is C23H28N6O2. The Morgan fingerprint density at radius 3 is 2.45 bits per heavy atom. The van der Waals surface area contributed by atoms with E-state index in [2.05, 4.69) is 27.0 Å². The van der Waals surface area contributed by atoms with Gasteiger partial charge in [0.15, 0.2) is 5.82 Å². The smallest absolute Gasteiger partial charge is 0.238 e. The number of methoxy groups -OCH3 is 1. The summed E-state index contributed by atoms with van der Waals surface area (Å²) in [5, 5.41) is 7.66. The Balaban J connectivity index is 1.34. The van der Waals surface area contributed by atoms with Gasteiger partial charge in [-0.2, -0.15) is 5.10 Å². The van der Waals surface area contributed by atoms with Gasteiger partial charge in [-0.1, -0.05) is 6.07 Å². The maximum absolute atomic E-state index is 12.4. The summed E-state index contributed by atoms with van der Waals surface area (Å²) in [6.45, 7) is 7.85. The molecule has 162 valence electrons. The molecule has 1 aromatic carbocycles. The Hall–Kier alpha value is -3.39. The molecule has 0 unspecified atom stereocenters. The number of rotatable bonds is 6. The molecule has 1 N–H and O–H groups in total. The lowest BCUT2D eigenvalue weighted by Gasteiger charge is -2.35. The molecule has 0 aliphatic carbocycles. The van der Waals surface area contributed by atoms with Crippen molar-refractivity contribution in [2.75, 3.05) is 50.1 Å². The number of ether oxygens (including phenoxy) is 1. The standard InChI is InChI=1S/C23H28N6O2/c1-17-23(18(2)29(26-17)21-6-4-5-11-24-21)28-14-12-27(13-15-28)16-22(30)25-19-7-9-20(31-3)10-8-19/h4-11H,12-16H2,1-3H3,(H,25,30). The first-order valence-corrected chi connectivity index (χ1v) is 10.4. The van der Waals surface area contributed by atoms with Gasteiger partial charge in [-0.3, -0.25) is 9.69 Å². The van der Waals surface area contributed by atoms with E-state index in [0.29, 0.717) is 6.54 Å². The number of carbonyl (C=O) groups excluding carboxylic acids is 1. The van der Waals surface area contributed by atoms with Crippen molar-refractivity contribution in [1.82, 2.24) is 19.7 Å². The molecule has 1 fully saturated rings. The van der Waals surface area contributed by atoms with Crippen molar-refractivity contribution in [3.63, 3.8) is 0 Å². The second kappa shape index (κ2) is 9.18. The van der Waals surface area contributed by atoms with Gasteiger partial charge in [0.25, 0.3) is 0 Å².